The van der Waals surface area contributed by atoms with Gasteiger partial charge in [-0.15, -0.1) is 0 Å². The molecule has 0 heterocycles. The van der Waals surface area contributed by atoms with E-state index in [1.54, 1.807) is 0 Å². The highest BCUT2D eigenvalue weighted by Gasteiger charge is 2.04. The first-order valence-corrected chi connectivity index (χ1v) is 2.51. The molecule has 0 aromatic heterocycles. The van der Waals surface area contributed by atoms with Crippen LogP contribution >= 0.6 is 0 Å². The van der Waals surface area contributed by atoms with Gasteiger partial charge in [0.2, 0.25) is 0 Å². The Bertz CT molecular complexity index is 44.5. The van der Waals surface area contributed by atoms with Gasteiger partial charge in [-0.25, -0.2) is 0 Å². The molecule has 0 radical (unpaired) electrons. The second kappa shape index (κ2) is 2.28. The third-order valence-electron chi connectivity index (χ3n) is 0.632. The van der Waals surface area contributed by atoms with Crippen molar-refractivity contribution in [1.29, 1.82) is 0 Å². The molecule has 0 saturated heterocycles. The fraction of sp³-hybridized carbons (Fsp3) is 1.00. The minimum atomic E-state index is 0.175. The molecule has 3 N–H and O–H groups in total. The zero-order valence-corrected chi connectivity index (χ0v) is 5.28. The van der Waals surface area contributed by atoms with E-state index in [1.807, 2.05) is 0 Å². The first kappa shape index (κ1) is 6.92. The van der Waals surface area contributed by atoms with Crippen LogP contribution in [0.4, 0.5) is 0 Å². The molecule has 0 spiro atoms. The summed E-state index contributed by atoms with van der Waals surface area (Å²) in [6.45, 7) is 6.81. The highest BCUT2D eigenvalue weighted by atomic mass is 15.0. The van der Waals surface area contributed by atoms with Gasteiger partial charge in [0, 0.05) is 12.2 Å². The van der Waals surface area contributed by atoms with Crippen molar-refractivity contribution in [3.05, 3.63) is 0 Å². The van der Waals surface area contributed by atoms with Crippen LogP contribution < -0.4 is 11.1 Å². The Labute approximate surface area is 45.1 Å². The van der Waals surface area contributed by atoms with Crippen molar-refractivity contribution >= 4 is 0 Å². The molecule has 0 rings (SSSR count). The lowest BCUT2D eigenvalue weighted by molar-refractivity contribution is 0.434. The van der Waals surface area contributed by atoms with Crippen LogP contribution in [0.3, 0.4) is 0 Å². The monoisotopic (exact) mass is 102 g/mol. The van der Waals surface area contributed by atoms with Crippen molar-refractivity contribution in [3.8, 4) is 0 Å². The van der Waals surface area contributed by atoms with E-state index in [0.717, 1.165) is 0 Å². The number of hydrogen-bond acceptors (Lipinski definition) is 2. The van der Waals surface area contributed by atoms with Crippen LogP contribution in [-0.2, 0) is 0 Å². The van der Waals surface area contributed by atoms with Gasteiger partial charge < -0.3 is 5.73 Å². The lowest BCUT2D eigenvalue weighted by atomic mass is 10.1. The number of hydrogen-bond donors (Lipinski definition) is 2. The van der Waals surface area contributed by atoms with Gasteiger partial charge in [0.25, 0.3) is 0 Å². The van der Waals surface area contributed by atoms with Gasteiger partial charge in [-0.05, 0) is 20.8 Å². The van der Waals surface area contributed by atoms with E-state index in [2.05, 4.69) is 26.1 Å². The maximum absolute atomic E-state index is 5.20. The SMILES string of the molecule is CC(C)(C)NCN. The van der Waals surface area contributed by atoms with Crippen LogP contribution in [0.5, 0.6) is 0 Å². The van der Waals surface area contributed by atoms with Crippen molar-refractivity contribution in [1.82, 2.24) is 5.32 Å². The van der Waals surface area contributed by atoms with Crippen molar-refractivity contribution in [3.63, 3.8) is 0 Å². The molecule has 0 aliphatic rings. The van der Waals surface area contributed by atoms with Crippen LogP contribution in [0.15, 0.2) is 0 Å². The Morgan fingerprint density at radius 2 is 1.86 bits per heavy atom. The summed E-state index contributed by atoms with van der Waals surface area (Å²) in [5.74, 6) is 0. The summed E-state index contributed by atoms with van der Waals surface area (Å²) in [6, 6.07) is 0. The molecule has 2 nitrogen and oxygen atoms in total. The van der Waals surface area contributed by atoms with E-state index in [0.29, 0.717) is 6.67 Å². The molecule has 0 saturated carbocycles. The van der Waals surface area contributed by atoms with E-state index in [-0.39, 0.29) is 5.54 Å². The summed E-state index contributed by atoms with van der Waals surface area (Å²) >= 11 is 0. The third-order valence-corrected chi connectivity index (χ3v) is 0.632. The number of nitrogens with one attached hydrogen (secondary N) is 1. The quantitative estimate of drug-likeness (QED) is 0.467. The molecule has 44 valence electrons. The average Bonchev–Trinajstić information content (AvgIpc) is 1.30. The molecule has 7 heavy (non-hydrogen) atoms. The summed E-state index contributed by atoms with van der Waals surface area (Å²) in [5.41, 5.74) is 5.38. The summed E-state index contributed by atoms with van der Waals surface area (Å²) in [7, 11) is 0. The largest absolute Gasteiger partial charge is 0.318 e. The van der Waals surface area contributed by atoms with Crippen LogP contribution in [-0.4, -0.2) is 12.2 Å². The average molecular weight is 102 g/mol. The Hall–Kier alpha value is -0.0800. The molecular weight excluding hydrogens is 88.1 g/mol. The molecule has 0 bridgehead atoms. The number of rotatable bonds is 1. The van der Waals surface area contributed by atoms with E-state index in [1.165, 1.54) is 0 Å². The lowest BCUT2D eigenvalue weighted by Gasteiger charge is -2.18. The number of nitrogens with two attached hydrogens (primary N) is 1. The standard InChI is InChI=1S/C5H14N2/c1-5(2,3)7-4-6/h7H,4,6H2,1-3H3. The molecule has 0 aliphatic carbocycles. The first-order valence-electron chi connectivity index (χ1n) is 2.51. The minimum Gasteiger partial charge on any atom is -0.318 e. The van der Waals surface area contributed by atoms with Crippen LogP contribution in [0.2, 0.25) is 0 Å². The predicted molar refractivity (Wildman–Crippen MR) is 31.9 cm³/mol. The van der Waals surface area contributed by atoms with E-state index in [4.69, 9.17) is 5.73 Å². The smallest absolute Gasteiger partial charge is 0.0432 e. The van der Waals surface area contributed by atoms with Gasteiger partial charge in [-0.3, -0.25) is 5.32 Å². The van der Waals surface area contributed by atoms with Crippen LogP contribution in [0.25, 0.3) is 0 Å². The normalized spacial score (nSPS) is 12.0. The van der Waals surface area contributed by atoms with E-state index >= 15 is 0 Å². The highest BCUT2D eigenvalue weighted by Crippen LogP contribution is 1.94. The first-order chi connectivity index (χ1) is 3.06. The van der Waals surface area contributed by atoms with Gasteiger partial charge in [-0.2, -0.15) is 0 Å². The van der Waals surface area contributed by atoms with Crippen molar-refractivity contribution in [2.45, 2.75) is 26.3 Å². The zero-order valence-electron chi connectivity index (χ0n) is 5.28. The summed E-state index contributed by atoms with van der Waals surface area (Å²) in [6.07, 6.45) is 0. The Morgan fingerprint density at radius 3 is 1.86 bits per heavy atom. The van der Waals surface area contributed by atoms with Gasteiger partial charge in [-0.1, -0.05) is 0 Å². The van der Waals surface area contributed by atoms with Gasteiger partial charge >= 0.3 is 0 Å². The molecule has 0 amide bonds. The predicted octanol–water partition coefficient (Wildman–Crippen LogP) is 0.291. The van der Waals surface area contributed by atoms with Gasteiger partial charge in [0.15, 0.2) is 0 Å². The van der Waals surface area contributed by atoms with E-state index < -0.39 is 0 Å². The second-order valence-electron chi connectivity index (χ2n) is 2.63. The maximum atomic E-state index is 5.20. The van der Waals surface area contributed by atoms with Crippen molar-refractivity contribution in [2.75, 3.05) is 6.67 Å². The fourth-order valence-electron chi connectivity index (χ4n) is 0.306. The zero-order chi connectivity index (χ0) is 5.91. The van der Waals surface area contributed by atoms with Crippen molar-refractivity contribution < 1.29 is 0 Å². The molecule has 0 atom stereocenters. The third kappa shape index (κ3) is 5.92. The molecule has 0 fully saturated rings. The minimum absolute atomic E-state index is 0.175. The molecule has 2 heteroatoms. The summed E-state index contributed by atoms with van der Waals surface area (Å²) in [4.78, 5) is 0. The molecule has 0 aromatic rings. The highest BCUT2D eigenvalue weighted by molar-refractivity contribution is 4.67. The molecule has 0 aromatic carbocycles. The second-order valence-corrected chi connectivity index (χ2v) is 2.63. The van der Waals surface area contributed by atoms with Crippen molar-refractivity contribution in [2.24, 2.45) is 5.73 Å². The fourth-order valence-corrected chi connectivity index (χ4v) is 0.306. The Balaban J connectivity index is 3.15. The Kier molecular flexibility index (Phi) is 2.26. The molecule has 0 aliphatic heterocycles. The summed E-state index contributed by atoms with van der Waals surface area (Å²) < 4.78 is 0. The lowest BCUT2D eigenvalue weighted by Crippen LogP contribution is -2.39. The van der Waals surface area contributed by atoms with Gasteiger partial charge in [0.05, 0.1) is 0 Å². The summed E-state index contributed by atoms with van der Waals surface area (Å²) in [5, 5.41) is 3.06. The van der Waals surface area contributed by atoms with Gasteiger partial charge in [0.1, 0.15) is 0 Å². The molecule has 0 unspecified atom stereocenters. The molecular formula is C5H14N2. The van der Waals surface area contributed by atoms with Crippen LogP contribution in [0, 0.1) is 0 Å². The van der Waals surface area contributed by atoms with Crippen LogP contribution in [0.1, 0.15) is 20.8 Å². The Morgan fingerprint density at radius 1 is 1.43 bits per heavy atom. The topological polar surface area (TPSA) is 38.0 Å². The van der Waals surface area contributed by atoms with E-state index in [9.17, 15) is 0 Å². The maximum Gasteiger partial charge on any atom is 0.0432 e.